The van der Waals surface area contributed by atoms with E-state index in [2.05, 4.69) is 10.1 Å². The Morgan fingerprint density at radius 3 is 2.57 bits per heavy atom. The molecule has 1 fully saturated rings. The van der Waals surface area contributed by atoms with Gasteiger partial charge < -0.3 is 10.1 Å². The van der Waals surface area contributed by atoms with Crippen molar-refractivity contribution in [2.45, 2.75) is 31.1 Å². The standard InChI is InChI=1S/C17H22FNO3S/c1-22-16(21)11-23-10-7-15(20)19-12-17(8-2-9-17)13-3-5-14(18)6-4-13/h3-6H,2,7-12H2,1H3,(H,19,20). The van der Waals surface area contributed by atoms with E-state index in [-0.39, 0.29) is 28.9 Å². The van der Waals surface area contributed by atoms with Crippen molar-refractivity contribution in [1.82, 2.24) is 5.32 Å². The van der Waals surface area contributed by atoms with Crippen LogP contribution in [0.3, 0.4) is 0 Å². The van der Waals surface area contributed by atoms with Crippen LogP contribution in [0.1, 0.15) is 31.2 Å². The fourth-order valence-electron chi connectivity index (χ4n) is 2.71. The van der Waals surface area contributed by atoms with Crippen LogP contribution in [-0.4, -0.2) is 37.0 Å². The van der Waals surface area contributed by atoms with Gasteiger partial charge in [-0.25, -0.2) is 4.39 Å². The summed E-state index contributed by atoms with van der Waals surface area (Å²) in [6.45, 7) is 0.582. The molecule has 23 heavy (non-hydrogen) atoms. The molecule has 1 aromatic rings. The number of nitrogens with one attached hydrogen (secondary N) is 1. The molecule has 126 valence electrons. The average Bonchev–Trinajstić information content (AvgIpc) is 2.51. The number of ether oxygens (including phenoxy) is 1. The van der Waals surface area contributed by atoms with E-state index in [4.69, 9.17) is 0 Å². The number of thioether (sulfide) groups is 1. The number of methoxy groups -OCH3 is 1. The number of esters is 1. The third-order valence-corrected chi connectivity index (χ3v) is 5.24. The predicted octanol–water partition coefficient (Wildman–Crippen LogP) is 2.66. The minimum absolute atomic E-state index is 0.0178. The van der Waals surface area contributed by atoms with Crippen LogP contribution in [0.2, 0.25) is 0 Å². The maximum atomic E-state index is 13.1. The Bertz CT molecular complexity index is 543. The van der Waals surface area contributed by atoms with Crippen LogP contribution in [0.5, 0.6) is 0 Å². The highest BCUT2D eigenvalue weighted by molar-refractivity contribution is 7.99. The number of hydrogen-bond acceptors (Lipinski definition) is 4. The quantitative estimate of drug-likeness (QED) is 0.584. The van der Waals surface area contributed by atoms with Crippen LogP contribution in [0, 0.1) is 5.82 Å². The van der Waals surface area contributed by atoms with Gasteiger partial charge in [-0.1, -0.05) is 18.6 Å². The lowest BCUT2D eigenvalue weighted by molar-refractivity contribution is -0.137. The van der Waals surface area contributed by atoms with Gasteiger partial charge in [-0.15, -0.1) is 11.8 Å². The van der Waals surface area contributed by atoms with Gasteiger partial charge in [0.2, 0.25) is 5.91 Å². The topological polar surface area (TPSA) is 55.4 Å². The van der Waals surface area contributed by atoms with Gasteiger partial charge in [-0.05, 0) is 30.5 Å². The summed E-state index contributed by atoms with van der Waals surface area (Å²) >= 11 is 1.39. The molecule has 1 N–H and O–H groups in total. The summed E-state index contributed by atoms with van der Waals surface area (Å²) in [5, 5.41) is 2.98. The van der Waals surface area contributed by atoms with E-state index in [1.807, 2.05) is 12.1 Å². The van der Waals surface area contributed by atoms with E-state index in [1.54, 1.807) is 0 Å². The van der Waals surface area contributed by atoms with Crippen molar-refractivity contribution in [3.05, 3.63) is 35.6 Å². The Labute approximate surface area is 140 Å². The SMILES string of the molecule is COC(=O)CSCCC(=O)NCC1(c2ccc(F)cc2)CCC1. The van der Waals surface area contributed by atoms with E-state index in [1.165, 1.54) is 31.0 Å². The number of benzene rings is 1. The van der Waals surface area contributed by atoms with E-state index in [0.29, 0.717) is 18.7 Å². The van der Waals surface area contributed by atoms with Gasteiger partial charge in [0.15, 0.2) is 0 Å². The Balaban J connectivity index is 1.76. The molecule has 2 rings (SSSR count). The number of rotatable bonds is 8. The average molecular weight is 339 g/mol. The van der Waals surface area contributed by atoms with E-state index in [9.17, 15) is 14.0 Å². The van der Waals surface area contributed by atoms with Crippen LogP contribution < -0.4 is 5.32 Å². The molecule has 1 aliphatic rings. The molecule has 0 saturated heterocycles. The van der Waals surface area contributed by atoms with Crippen molar-refractivity contribution in [1.29, 1.82) is 0 Å². The maximum absolute atomic E-state index is 13.1. The molecule has 0 bridgehead atoms. The van der Waals surface area contributed by atoms with Crippen molar-refractivity contribution in [3.63, 3.8) is 0 Å². The first-order valence-corrected chi connectivity index (χ1v) is 8.88. The Morgan fingerprint density at radius 2 is 2.00 bits per heavy atom. The number of amides is 1. The number of carbonyl (C=O) groups excluding carboxylic acids is 2. The molecule has 4 nitrogen and oxygen atoms in total. The highest BCUT2D eigenvalue weighted by Crippen LogP contribution is 2.43. The van der Waals surface area contributed by atoms with Crippen LogP contribution in [-0.2, 0) is 19.7 Å². The third kappa shape index (κ3) is 4.96. The first-order valence-electron chi connectivity index (χ1n) is 7.73. The summed E-state index contributed by atoms with van der Waals surface area (Å²) in [5.74, 6) is 0.319. The van der Waals surface area contributed by atoms with Gasteiger partial charge in [0.05, 0.1) is 12.9 Å². The lowest BCUT2D eigenvalue weighted by Crippen LogP contribution is -2.45. The van der Waals surface area contributed by atoms with Crippen LogP contribution in [0.4, 0.5) is 4.39 Å². The molecule has 6 heteroatoms. The molecular weight excluding hydrogens is 317 g/mol. The van der Waals surface area contributed by atoms with E-state index < -0.39 is 0 Å². The molecule has 1 aliphatic carbocycles. The first kappa shape index (κ1) is 17.8. The Kier molecular flexibility index (Phi) is 6.45. The van der Waals surface area contributed by atoms with Gasteiger partial charge >= 0.3 is 5.97 Å². The molecule has 0 radical (unpaired) electrons. The summed E-state index contributed by atoms with van der Waals surface area (Å²) in [6, 6.07) is 6.57. The zero-order chi connectivity index (χ0) is 16.7. The van der Waals surface area contributed by atoms with E-state index in [0.717, 1.165) is 24.8 Å². The number of hydrogen-bond donors (Lipinski definition) is 1. The van der Waals surface area contributed by atoms with Crippen LogP contribution in [0.15, 0.2) is 24.3 Å². The van der Waals surface area contributed by atoms with Gasteiger partial charge in [0.1, 0.15) is 5.82 Å². The summed E-state index contributed by atoms with van der Waals surface area (Å²) in [4.78, 5) is 22.9. The van der Waals surface area contributed by atoms with Crippen LogP contribution >= 0.6 is 11.8 Å². The van der Waals surface area contributed by atoms with Crippen molar-refractivity contribution < 1.29 is 18.7 Å². The molecular formula is C17H22FNO3S. The summed E-state index contributed by atoms with van der Waals surface area (Å²) in [6.07, 6.45) is 3.52. The third-order valence-electron chi connectivity index (χ3n) is 4.31. The highest BCUT2D eigenvalue weighted by Gasteiger charge is 2.38. The van der Waals surface area contributed by atoms with Crippen LogP contribution in [0.25, 0.3) is 0 Å². The van der Waals surface area contributed by atoms with E-state index >= 15 is 0 Å². The first-order chi connectivity index (χ1) is 11.1. The lowest BCUT2D eigenvalue weighted by Gasteiger charge is -2.42. The number of halogens is 1. The molecule has 1 aromatic carbocycles. The van der Waals surface area contributed by atoms with Crippen molar-refractivity contribution >= 4 is 23.6 Å². The second-order valence-electron chi connectivity index (χ2n) is 5.80. The summed E-state index contributed by atoms with van der Waals surface area (Å²) < 4.78 is 17.6. The molecule has 1 saturated carbocycles. The predicted molar refractivity (Wildman–Crippen MR) is 88.9 cm³/mol. The highest BCUT2D eigenvalue weighted by atomic mass is 32.2. The van der Waals surface area contributed by atoms with Crippen molar-refractivity contribution in [3.8, 4) is 0 Å². The second-order valence-corrected chi connectivity index (χ2v) is 6.90. The molecule has 1 amide bonds. The largest absolute Gasteiger partial charge is 0.468 e. The fraction of sp³-hybridized carbons (Fsp3) is 0.529. The molecule has 0 heterocycles. The molecule has 0 spiro atoms. The Hall–Kier alpha value is -1.56. The normalized spacial score (nSPS) is 15.6. The van der Waals surface area contributed by atoms with Gasteiger partial charge in [0, 0.05) is 24.1 Å². The summed E-state index contributed by atoms with van der Waals surface area (Å²) in [7, 11) is 1.35. The fourth-order valence-corrected chi connectivity index (χ4v) is 3.47. The maximum Gasteiger partial charge on any atom is 0.315 e. The van der Waals surface area contributed by atoms with Crippen molar-refractivity contribution in [2.24, 2.45) is 0 Å². The lowest BCUT2D eigenvalue weighted by atomic mass is 9.64. The minimum atomic E-state index is -0.278. The molecule has 0 aliphatic heterocycles. The molecule has 0 aromatic heterocycles. The zero-order valence-corrected chi connectivity index (χ0v) is 14.1. The zero-order valence-electron chi connectivity index (χ0n) is 13.3. The van der Waals surface area contributed by atoms with Crippen molar-refractivity contribution in [2.75, 3.05) is 25.2 Å². The summed E-state index contributed by atoms with van der Waals surface area (Å²) in [5.41, 5.74) is 1.04. The van der Waals surface area contributed by atoms with Gasteiger partial charge in [-0.3, -0.25) is 9.59 Å². The molecule has 0 atom stereocenters. The van der Waals surface area contributed by atoms with Gasteiger partial charge in [-0.2, -0.15) is 0 Å². The molecule has 0 unspecified atom stereocenters. The monoisotopic (exact) mass is 339 g/mol. The number of carbonyl (C=O) groups is 2. The minimum Gasteiger partial charge on any atom is -0.468 e. The van der Waals surface area contributed by atoms with Gasteiger partial charge in [0.25, 0.3) is 0 Å². The second kappa shape index (κ2) is 8.34. The Morgan fingerprint density at radius 1 is 1.30 bits per heavy atom. The smallest absolute Gasteiger partial charge is 0.315 e.